The van der Waals surface area contributed by atoms with Crippen molar-refractivity contribution in [2.45, 2.75) is 39.0 Å². The molecule has 1 fully saturated rings. The molecule has 1 aromatic carbocycles. The Bertz CT molecular complexity index is 442. The Morgan fingerprint density at radius 2 is 2.05 bits per heavy atom. The molecular formula is C17H26Cl3NO. The van der Waals surface area contributed by atoms with Crippen LogP contribution in [0.2, 0.25) is 10.0 Å². The van der Waals surface area contributed by atoms with Crippen LogP contribution in [0.4, 0.5) is 0 Å². The van der Waals surface area contributed by atoms with Crippen molar-refractivity contribution in [1.82, 2.24) is 4.90 Å². The molecule has 126 valence electrons. The van der Waals surface area contributed by atoms with Gasteiger partial charge in [0, 0.05) is 18.5 Å². The summed E-state index contributed by atoms with van der Waals surface area (Å²) in [5.74, 6) is 1.43. The second-order valence-electron chi connectivity index (χ2n) is 5.90. The van der Waals surface area contributed by atoms with Gasteiger partial charge in [0.05, 0.1) is 16.7 Å². The molecule has 1 aliphatic rings. The molecule has 0 saturated carbocycles. The molecule has 1 aliphatic heterocycles. The van der Waals surface area contributed by atoms with Crippen molar-refractivity contribution in [2.24, 2.45) is 5.92 Å². The summed E-state index contributed by atoms with van der Waals surface area (Å²) in [4.78, 5) is 2.59. The van der Waals surface area contributed by atoms with Gasteiger partial charge >= 0.3 is 0 Å². The maximum absolute atomic E-state index is 6.01. The van der Waals surface area contributed by atoms with Crippen LogP contribution in [-0.2, 0) is 0 Å². The fourth-order valence-corrected chi connectivity index (χ4v) is 3.14. The van der Waals surface area contributed by atoms with Crippen LogP contribution < -0.4 is 4.74 Å². The second-order valence-corrected chi connectivity index (χ2v) is 6.72. The summed E-state index contributed by atoms with van der Waals surface area (Å²) in [6.07, 6.45) is 6.47. The number of rotatable bonds is 7. The molecule has 0 amide bonds. The maximum Gasteiger partial charge on any atom is 0.120 e. The number of hydrogen-bond acceptors (Lipinski definition) is 2. The lowest BCUT2D eigenvalue weighted by atomic mass is 9.98. The summed E-state index contributed by atoms with van der Waals surface area (Å²) in [5, 5.41) is 1.13. The van der Waals surface area contributed by atoms with E-state index in [0.29, 0.717) is 16.0 Å². The Hall–Kier alpha value is -0.150. The molecule has 1 heterocycles. The highest BCUT2D eigenvalue weighted by atomic mass is 35.5. The predicted molar refractivity (Wildman–Crippen MR) is 97.9 cm³/mol. The average molecular weight is 367 g/mol. The lowest BCUT2D eigenvalue weighted by Gasteiger charge is -2.32. The Balaban J connectivity index is 0.00000242. The second kappa shape index (κ2) is 10.6. The van der Waals surface area contributed by atoms with E-state index in [4.69, 9.17) is 27.9 Å². The average Bonchev–Trinajstić information content (AvgIpc) is 2.49. The molecule has 1 saturated heterocycles. The van der Waals surface area contributed by atoms with E-state index in [1.54, 1.807) is 12.1 Å². The molecule has 0 aromatic heterocycles. The van der Waals surface area contributed by atoms with E-state index in [1.165, 1.54) is 45.2 Å². The van der Waals surface area contributed by atoms with Crippen LogP contribution in [0, 0.1) is 5.92 Å². The first-order valence-electron chi connectivity index (χ1n) is 7.99. The summed E-state index contributed by atoms with van der Waals surface area (Å²) < 4.78 is 5.89. The first-order valence-corrected chi connectivity index (χ1v) is 8.75. The molecule has 0 radical (unpaired) electrons. The van der Waals surface area contributed by atoms with Gasteiger partial charge in [-0.2, -0.15) is 0 Å². The first-order chi connectivity index (χ1) is 10.2. The minimum atomic E-state index is 0. The van der Waals surface area contributed by atoms with Crippen molar-refractivity contribution in [2.75, 3.05) is 26.2 Å². The largest absolute Gasteiger partial charge is 0.493 e. The van der Waals surface area contributed by atoms with E-state index in [-0.39, 0.29) is 12.4 Å². The minimum Gasteiger partial charge on any atom is -0.493 e. The minimum absolute atomic E-state index is 0. The van der Waals surface area contributed by atoms with Crippen LogP contribution in [0.3, 0.4) is 0 Å². The molecule has 0 spiro atoms. The zero-order valence-corrected chi connectivity index (χ0v) is 15.5. The maximum atomic E-state index is 6.01. The topological polar surface area (TPSA) is 12.5 Å². The molecule has 0 bridgehead atoms. The van der Waals surface area contributed by atoms with Gasteiger partial charge in [-0.25, -0.2) is 0 Å². The highest BCUT2D eigenvalue weighted by molar-refractivity contribution is 6.42. The summed E-state index contributed by atoms with van der Waals surface area (Å²) in [7, 11) is 0. The highest BCUT2D eigenvalue weighted by Crippen LogP contribution is 2.27. The normalized spacial score (nSPS) is 18.8. The van der Waals surface area contributed by atoms with E-state index in [2.05, 4.69) is 11.8 Å². The van der Waals surface area contributed by atoms with E-state index in [9.17, 15) is 0 Å². The smallest absolute Gasteiger partial charge is 0.120 e. The van der Waals surface area contributed by atoms with Crippen molar-refractivity contribution in [3.63, 3.8) is 0 Å². The van der Waals surface area contributed by atoms with Crippen LogP contribution in [0.25, 0.3) is 0 Å². The van der Waals surface area contributed by atoms with Gasteiger partial charge in [0.2, 0.25) is 0 Å². The molecule has 2 nitrogen and oxygen atoms in total. The number of unbranched alkanes of at least 4 members (excludes halogenated alkanes) is 2. The summed E-state index contributed by atoms with van der Waals surface area (Å²) in [6, 6.07) is 5.47. The number of ether oxygens (including phenoxy) is 1. The van der Waals surface area contributed by atoms with Crippen LogP contribution in [0.5, 0.6) is 5.75 Å². The van der Waals surface area contributed by atoms with E-state index in [1.807, 2.05) is 6.07 Å². The van der Waals surface area contributed by atoms with Gasteiger partial charge in [-0.05, 0) is 44.5 Å². The number of nitrogens with zero attached hydrogens (tertiary/aromatic N) is 1. The van der Waals surface area contributed by atoms with Crippen LogP contribution in [-0.4, -0.2) is 31.1 Å². The van der Waals surface area contributed by atoms with Crippen LogP contribution in [0.15, 0.2) is 18.2 Å². The standard InChI is InChI=1S/C17H25Cl2NO.ClH/c1-2-3-4-9-20-10-5-6-14(12-20)13-21-15-7-8-16(18)17(19)11-15;/h7-8,11,14H,2-6,9-10,12-13H2,1H3;1H. The molecule has 1 atom stereocenters. The molecule has 22 heavy (non-hydrogen) atoms. The lowest BCUT2D eigenvalue weighted by Crippen LogP contribution is -2.38. The summed E-state index contributed by atoms with van der Waals surface area (Å²) in [6.45, 7) is 6.65. The van der Waals surface area contributed by atoms with Gasteiger partial charge in [-0.3, -0.25) is 0 Å². The van der Waals surface area contributed by atoms with Crippen molar-refractivity contribution in [3.05, 3.63) is 28.2 Å². The van der Waals surface area contributed by atoms with Crippen LogP contribution >= 0.6 is 35.6 Å². The Morgan fingerprint density at radius 3 is 2.77 bits per heavy atom. The molecule has 2 rings (SSSR count). The van der Waals surface area contributed by atoms with Gasteiger partial charge < -0.3 is 9.64 Å². The summed E-state index contributed by atoms with van der Waals surface area (Å²) >= 11 is 11.9. The fraction of sp³-hybridized carbons (Fsp3) is 0.647. The SMILES string of the molecule is CCCCCN1CCCC(COc2ccc(Cl)c(Cl)c2)C1.Cl. The van der Waals surface area contributed by atoms with Gasteiger partial charge in [0.15, 0.2) is 0 Å². The number of halogens is 3. The van der Waals surface area contributed by atoms with Gasteiger partial charge in [0.1, 0.15) is 5.75 Å². The Labute approximate surface area is 150 Å². The Morgan fingerprint density at radius 1 is 1.23 bits per heavy atom. The molecule has 0 N–H and O–H groups in total. The number of piperidine rings is 1. The molecule has 0 aliphatic carbocycles. The van der Waals surface area contributed by atoms with Crippen molar-refractivity contribution in [3.8, 4) is 5.75 Å². The monoisotopic (exact) mass is 365 g/mol. The summed E-state index contributed by atoms with van der Waals surface area (Å²) in [5.41, 5.74) is 0. The number of hydrogen-bond donors (Lipinski definition) is 0. The third-order valence-corrected chi connectivity index (χ3v) is 4.80. The third-order valence-electron chi connectivity index (χ3n) is 4.06. The molecule has 5 heteroatoms. The third kappa shape index (κ3) is 6.54. The van der Waals surface area contributed by atoms with Crippen molar-refractivity contribution in [1.29, 1.82) is 0 Å². The molecule has 1 unspecified atom stereocenters. The zero-order valence-electron chi connectivity index (χ0n) is 13.2. The zero-order chi connectivity index (χ0) is 15.1. The van der Waals surface area contributed by atoms with Crippen molar-refractivity contribution >= 4 is 35.6 Å². The molecule has 1 aromatic rings. The first kappa shape index (κ1) is 19.9. The lowest BCUT2D eigenvalue weighted by molar-refractivity contribution is 0.128. The van der Waals surface area contributed by atoms with E-state index >= 15 is 0 Å². The quantitative estimate of drug-likeness (QED) is 0.574. The van der Waals surface area contributed by atoms with E-state index < -0.39 is 0 Å². The van der Waals surface area contributed by atoms with Gasteiger partial charge in [-0.1, -0.05) is 43.0 Å². The fourth-order valence-electron chi connectivity index (χ4n) is 2.86. The van der Waals surface area contributed by atoms with Gasteiger partial charge in [0.25, 0.3) is 0 Å². The van der Waals surface area contributed by atoms with Crippen molar-refractivity contribution < 1.29 is 4.74 Å². The highest BCUT2D eigenvalue weighted by Gasteiger charge is 2.20. The van der Waals surface area contributed by atoms with Gasteiger partial charge in [-0.15, -0.1) is 12.4 Å². The van der Waals surface area contributed by atoms with E-state index in [0.717, 1.165) is 18.9 Å². The predicted octanol–water partition coefficient (Wildman–Crippen LogP) is 5.70. The number of likely N-dealkylation sites (tertiary alicyclic amines) is 1. The Kier molecular flexibility index (Phi) is 9.58. The van der Waals surface area contributed by atoms with Crippen LogP contribution in [0.1, 0.15) is 39.0 Å². The number of benzene rings is 1. The molecular weight excluding hydrogens is 341 g/mol.